The van der Waals surface area contributed by atoms with E-state index in [2.05, 4.69) is 24.1 Å². The summed E-state index contributed by atoms with van der Waals surface area (Å²) < 4.78 is 0. The molecular formula is C16H23N3. The molecule has 2 aromatic rings. The van der Waals surface area contributed by atoms with Crippen LogP contribution in [0.3, 0.4) is 0 Å². The molecular weight excluding hydrogens is 234 g/mol. The van der Waals surface area contributed by atoms with Crippen molar-refractivity contribution in [3.63, 3.8) is 0 Å². The molecule has 0 aliphatic rings. The first-order valence-corrected chi connectivity index (χ1v) is 7.09. The molecule has 1 aromatic carbocycles. The van der Waals surface area contributed by atoms with Gasteiger partial charge >= 0.3 is 0 Å². The number of hydrogen-bond acceptors (Lipinski definition) is 3. The second kappa shape index (κ2) is 6.62. The molecule has 2 rings (SSSR count). The minimum Gasteiger partial charge on any atom is -0.312 e. The largest absolute Gasteiger partial charge is 0.312 e. The molecule has 0 radical (unpaired) electrons. The summed E-state index contributed by atoms with van der Waals surface area (Å²) in [5.74, 6) is 0.764. The maximum atomic E-state index is 4.72. The van der Waals surface area contributed by atoms with Gasteiger partial charge in [0.25, 0.3) is 0 Å². The molecule has 3 heteroatoms. The maximum Gasteiger partial charge on any atom is 0.0890 e. The van der Waals surface area contributed by atoms with Gasteiger partial charge in [-0.3, -0.25) is 4.98 Å². The van der Waals surface area contributed by atoms with Crippen molar-refractivity contribution in [1.29, 1.82) is 0 Å². The zero-order valence-corrected chi connectivity index (χ0v) is 12.1. The van der Waals surface area contributed by atoms with E-state index < -0.39 is 0 Å². The van der Waals surface area contributed by atoms with E-state index in [0.29, 0.717) is 6.04 Å². The average molecular weight is 257 g/mol. The summed E-state index contributed by atoms with van der Waals surface area (Å²) >= 11 is 0. The minimum absolute atomic E-state index is 0.302. The van der Waals surface area contributed by atoms with Crippen LogP contribution < -0.4 is 5.32 Å². The summed E-state index contributed by atoms with van der Waals surface area (Å²) in [6, 6.07) is 8.32. The lowest BCUT2D eigenvalue weighted by atomic mass is 10.0. The van der Waals surface area contributed by atoms with Crippen molar-refractivity contribution < 1.29 is 0 Å². The van der Waals surface area contributed by atoms with Crippen LogP contribution in [0.15, 0.2) is 30.5 Å². The predicted octanol–water partition coefficient (Wildman–Crippen LogP) is 3.72. The van der Waals surface area contributed by atoms with Crippen LogP contribution in [0.1, 0.15) is 44.8 Å². The highest BCUT2D eigenvalue weighted by Gasteiger charge is 2.12. The van der Waals surface area contributed by atoms with Crippen LogP contribution in [-0.2, 0) is 0 Å². The third kappa shape index (κ3) is 3.74. The van der Waals surface area contributed by atoms with Gasteiger partial charge in [0.2, 0.25) is 0 Å². The van der Waals surface area contributed by atoms with E-state index in [4.69, 9.17) is 4.98 Å². The Morgan fingerprint density at radius 3 is 2.53 bits per heavy atom. The Morgan fingerprint density at radius 1 is 1.11 bits per heavy atom. The molecule has 0 aliphatic carbocycles. The highest BCUT2D eigenvalue weighted by atomic mass is 14.9. The van der Waals surface area contributed by atoms with E-state index >= 15 is 0 Å². The highest BCUT2D eigenvalue weighted by Crippen LogP contribution is 2.20. The topological polar surface area (TPSA) is 37.8 Å². The Kier molecular flexibility index (Phi) is 4.86. The fourth-order valence-electron chi connectivity index (χ4n) is 2.31. The molecule has 1 heterocycles. The van der Waals surface area contributed by atoms with Gasteiger partial charge in [-0.1, -0.05) is 38.8 Å². The van der Waals surface area contributed by atoms with Gasteiger partial charge in [-0.15, -0.1) is 0 Å². The number of benzene rings is 1. The van der Waals surface area contributed by atoms with E-state index in [-0.39, 0.29) is 0 Å². The van der Waals surface area contributed by atoms with Crippen molar-refractivity contribution >= 4 is 11.0 Å². The van der Waals surface area contributed by atoms with E-state index in [0.717, 1.165) is 29.1 Å². The number of rotatable bonds is 6. The van der Waals surface area contributed by atoms with Gasteiger partial charge in [0.15, 0.2) is 0 Å². The molecule has 1 N–H and O–H groups in total. The third-order valence-electron chi connectivity index (χ3n) is 3.45. The maximum absolute atomic E-state index is 4.72. The normalized spacial score (nSPS) is 13.1. The molecule has 0 aliphatic heterocycles. The van der Waals surface area contributed by atoms with Gasteiger partial charge in [0, 0.05) is 0 Å². The van der Waals surface area contributed by atoms with Crippen molar-refractivity contribution in [2.24, 2.45) is 5.92 Å². The first-order chi connectivity index (χ1) is 9.20. The Balaban J connectivity index is 2.11. The summed E-state index contributed by atoms with van der Waals surface area (Å²) in [4.78, 5) is 9.21. The molecule has 0 saturated carbocycles. The summed E-state index contributed by atoms with van der Waals surface area (Å²) in [7, 11) is 2.00. The van der Waals surface area contributed by atoms with Crippen LogP contribution in [0, 0.1) is 5.92 Å². The van der Waals surface area contributed by atoms with Crippen molar-refractivity contribution in [1.82, 2.24) is 15.3 Å². The third-order valence-corrected chi connectivity index (χ3v) is 3.45. The van der Waals surface area contributed by atoms with Crippen molar-refractivity contribution in [3.05, 3.63) is 36.2 Å². The fraction of sp³-hybridized carbons (Fsp3) is 0.500. The zero-order valence-electron chi connectivity index (χ0n) is 12.1. The number of nitrogens with one attached hydrogen (secondary N) is 1. The van der Waals surface area contributed by atoms with Gasteiger partial charge in [-0.05, 0) is 31.5 Å². The number of hydrogen-bond donors (Lipinski definition) is 1. The lowest BCUT2D eigenvalue weighted by Gasteiger charge is -2.16. The first-order valence-electron chi connectivity index (χ1n) is 7.09. The van der Waals surface area contributed by atoms with Crippen LogP contribution in [0.2, 0.25) is 0 Å². The molecule has 1 aromatic heterocycles. The van der Waals surface area contributed by atoms with Crippen LogP contribution in [0.5, 0.6) is 0 Å². The Labute approximate surface area is 115 Å². The number of nitrogens with zero attached hydrogens (tertiary/aromatic N) is 2. The molecule has 0 spiro atoms. The van der Waals surface area contributed by atoms with E-state index in [1.165, 1.54) is 12.8 Å². The molecule has 102 valence electrons. The lowest BCUT2D eigenvalue weighted by Crippen LogP contribution is -2.18. The number of para-hydroxylation sites is 2. The van der Waals surface area contributed by atoms with E-state index in [9.17, 15) is 0 Å². The Bertz CT molecular complexity index is 522. The number of fused-ring (bicyclic) bond motifs is 1. The molecule has 0 fully saturated rings. The van der Waals surface area contributed by atoms with Gasteiger partial charge in [-0.2, -0.15) is 0 Å². The van der Waals surface area contributed by atoms with Crippen molar-refractivity contribution in [2.45, 2.75) is 39.2 Å². The summed E-state index contributed by atoms with van der Waals surface area (Å²) in [6.07, 6.45) is 5.50. The monoisotopic (exact) mass is 257 g/mol. The smallest absolute Gasteiger partial charge is 0.0890 e. The van der Waals surface area contributed by atoms with Crippen LogP contribution in [0.25, 0.3) is 11.0 Å². The summed E-state index contributed by atoms with van der Waals surface area (Å²) in [5, 5.41) is 3.35. The second-order valence-electron chi connectivity index (χ2n) is 5.45. The van der Waals surface area contributed by atoms with Gasteiger partial charge in [0.05, 0.1) is 29.0 Å². The molecule has 0 bridgehead atoms. The van der Waals surface area contributed by atoms with Crippen LogP contribution >= 0.6 is 0 Å². The Hall–Kier alpha value is -1.48. The van der Waals surface area contributed by atoms with Crippen LogP contribution in [0.4, 0.5) is 0 Å². The first kappa shape index (κ1) is 13.9. The minimum atomic E-state index is 0.302. The molecule has 1 atom stereocenters. The van der Waals surface area contributed by atoms with Gasteiger partial charge in [-0.25, -0.2) is 4.98 Å². The number of aromatic nitrogens is 2. The van der Waals surface area contributed by atoms with Crippen LogP contribution in [-0.4, -0.2) is 17.0 Å². The van der Waals surface area contributed by atoms with Gasteiger partial charge in [0.1, 0.15) is 0 Å². The van der Waals surface area contributed by atoms with E-state index in [1.54, 1.807) is 0 Å². The SMILES string of the molecule is CNC(CCCC(C)C)c1cnc2ccccc2n1. The average Bonchev–Trinajstić information content (AvgIpc) is 2.43. The molecule has 19 heavy (non-hydrogen) atoms. The molecule has 0 amide bonds. The quantitative estimate of drug-likeness (QED) is 0.857. The Morgan fingerprint density at radius 2 is 1.84 bits per heavy atom. The van der Waals surface area contributed by atoms with E-state index in [1.807, 2.05) is 37.5 Å². The predicted molar refractivity (Wildman–Crippen MR) is 80.0 cm³/mol. The van der Waals surface area contributed by atoms with Gasteiger partial charge < -0.3 is 5.32 Å². The van der Waals surface area contributed by atoms with Crippen molar-refractivity contribution in [3.8, 4) is 0 Å². The lowest BCUT2D eigenvalue weighted by molar-refractivity contribution is 0.464. The fourth-order valence-corrected chi connectivity index (χ4v) is 2.31. The standard InChI is InChI=1S/C16H23N3/c1-12(2)7-6-10-13(17-3)16-11-18-14-8-4-5-9-15(14)19-16/h4-5,8-9,11-13,17H,6-7,10H2,1-3H3. The molecule has 3 nitrogen and oxygen atoms in total. The second-order valence-corrected chi connectivity index (χ2v) is 5.45. The summed E-state index contributed by atoms with van der Waals surface area (Å²) in [6.45, 7) is 4.54. The molecule has 0 saturated heterocycles. The zero-order chi connectivity index (χ0) is 13.7. The van der Waals surface area contributed by atoms with Crippen molar-refractivity contribution in [2.75, 3.05) is 7.05 Å². The summed E-state index contributed by atoms with van der Waals surface area (Å²) in [5.41, 5.74) is 2.98. The highest BCUT2D eigenvalue weighted by molar-refractivity contribution is 5.73. The molecule has 1 unspecified atom stereocenters.